The molecule has 0 radical (unpaired) electrons. The molecular weight excluding hydrogens is 370 g/mol. The average molecular weight is 387 g/mol. The van der Waals surface area contributed by atoms with Gasteiger partial charge in [-0.1, -0.05) is 36.4 Å². The first kappa shape index (κ1) is 18.4. The second kappa shape index (κ2) is 7.55. The number of nitrogens with zero attached hydrogens (tertiary/aromatic N) is 2. The highest BCUT2D eigenvalue weighted by molar-refractivity contribution is 6.11. The van der Waals surface area contributed by atoms with E-state index in [1.807, 2.05) is 49.4 Å². The molecule has 0 bridgehead atoms. The molecule has 1 N–H and O–H groups in total. The molecule has 0 saturated heterocycles. The normalized spacial score (nSPS) is 10.8. The topological polar surface area (TPSA) is 94.4 Å². The van der Waals surface area contributed by atoms with Gasteiger partial charge in [-0.2, -0.15) is 0 Å². The fourth-order valence-corrected chi connectivity index (χ4v) is 3.19. The van der Waals surface area contributed by atoms with Crippen molar-refractivity contribution in [3.8, 4) is 5.75 Å². The maximum Gasteiger partial charge on any atom is 0.269 e. The monoisotopic (exact) mass is 387 g/mol. The van der Waals surface area contributed by atoms with Gasteiger partial charge in [0, 0.05) is 28.6 Å². The van der Waals surface area contributed by atoms with Crippen LogP contribution >= 0.6 is 0 Å². The number of amides is 1. The second-order valence-electron chi connectivity index (χ2n) is 6.58. The van der Waals surface area contributed by atoms with Crippen LogP contribution < -0.4 is 10.1 Å². The van der Waals surface area contributed by atoms with Gasteiger partial charge in [-0.3, -0.25) is 19.9 Å². The number of rotatable bonds is 5. The Morgan fingerprint density at radius 1 is 1.07 bits per heavy atom. The SMILES string of the molecule is Cc1cc(NC(=O)COc2ccc([N+](=O)[O-])cc2)c2ccc3ccccc3c2n1. The first-order chi connectivity index (χ1) is 14.0. The van der Waals surface area contributed by atoms with E-state index in [-0.39, 0.29) is 18.2 Å². The Morgan fingerprint density at radius 2 is 1.83 bits per heavy atom. The van der Waals surface area contributed by atoms with Gasteiger partial charge in [-0.05, 0) is 30.5 Å². The molecule has 0 atom stereocenters. The Kier molecular flexibility index (Phi) is 4.78. The fraction of sp³-hybridized carbons (Fsp3) is 0.0909. The average Bonchev–Trinajstić information content (AvgIpc) is 2.72. The summed E-state index contributed by atoms with van der Waals surface area (Å²) in [7, 11) is 0. The Bertz CT molecular complexity index is 1240. The zero-order valence-electron chi connectivity index (χ0n) is 15.6. The quantitative estimate of drug-likeness (QED) is 0.306. The molecule has 1 heterocycles. The fourth-order valence-electron chi connectivity index (χ4n) is 3.19. The molecule has 4 aromatic rings. The summed E-state index contributed by atoms with van der Waals surface area (Å²) < 4.78 is 5.44. The minimum Gasteiger partial charge on any atom is -0.484 e. The summed E-state index contributed by atoms with van der Waals surface area (Å²) in [6.45, 7) is 1.67. The number of non-ortho nitro benzene ring substituents is 1. The Labute approximate surface area is 166 Å². The van der Waals surface area contributed by atoms with Gasteiger partial charge < -0.3 is 10.1 Å². The minimum absolute atomic E-state index is 0.0345. The van der Waals surface area contributed by atoms with E-state index in [1.165, 1.54) is 24.3 Å². The van der Waals surface area contributed by atoms with Crippen LogP contribution in [0.1, 0.15) is 5.69 Å². The largest absolute Gasteiger partial charge is 0.484 e. The number of carbonyl (C=O) groups excluding carboxylic acids is 1. The molecule has 144 valence electrons. The third kappa shape index (κ3) is 3.84. The zero-order valence-corrected chi connectivity index (χ0v) is 15.6. The van der Waals surface area contributed by atoms with Crippen molar-refractivity contribution in [2.24, 2.45) is 0 Å². The maximum absolute atomic E-state index is 12.4. The molecule has 29 heavy (non-hydrogen) atoms. The van der Waals surface area contributed by atoms with Crippen LogP contribution in [-0.4, -0.2) is 22.4 Å². The predicted octanol–water partition coefficient (Wildman–Crippen LogP) is 4.62. The molecule has 3 aromatic carbocycles. The third-order valence-electron chi connectivity index (χ3n) is 4.52. The van der Waals surface area contributed by atoms with Crippen LogP contribution in [0.2, 0.25) is 0 Å². The highest BCUT2D eigenvalue weighted by Crippen LogP contribution is 2.29. The number of aromatic nitrogens is 1. The molecule has 1 aromatic heterocycles. The summed E-state index contributed by atoms with van der Waals surface area (Å²) in [6, 6.07) is 19.3. The zero-order chi connectivity index (χ0) is 20.4. The number of hydrogen-bond donors (Lipinski definition) is 1. The van der Waals surface area contributed by atoms with Crippen molar-refractivity contribution in [2.45, 2.75) is 6.92 Å². The molecule has 0 aliphatic heterocycles. The highest BCUT2D eigenvalue weighted by Gasteiger charge is 2.11. The maximum atomic E-state index is 12.4. The molecule has 7 nitrogen and oxygen atoms in total. The summed E-state index contributed by atoms with van der Waals surface area (Å²) in [5, 5.41) is 16.5. The van der Waals surface area contributed by atoms with E-state index < -0.39 is 4.92 Å². The van der Waals surface area contributed by atoms with Gasteiger partial charge in [0.2, 0.25) is 0 Å². The predicted molar refractivity (Wildman–Crippen MR) is 111 cm³/mol. The molecule has 1 amide bonds. The van der Waals surface area contributed by atoms with Crippen LogP contribution in [0.5, 0.6) is 5.75 Å². The van der Waals surface area contributed by atoms with Crippen molar-refractivity contribution >= 4 is 39.0 Å². The smallest absolute Gasteiger partial charge is 0.269 e. The molecule has 0 fully saturated rings. The molecule has 0 aliphatic rings. The van der Waals surface area contributed by atoms with Crippen LogP contribution in [0.4, 0.5) is 11.4 Å². The molecule has 0 spiro atoms. The van der Waals surface area contributed by atoms with E-state index >= 15 is 0 Å². The van der Waals surface area contributed by atoms with Crippen molar-refractivity contribution in [3.05, 3.63) is 82.5 Å². The number of carbonyl (C=O) groups is 1. The van der Waals surface area contributed by atoms with Gasteiger partial charge >= 0.3 is 0 Å². The summed E-state index contributed by atoms with van der Waals surface area (Å²) >= 11 is 0. The van der Waals surface area contributed by atoms with Gasteiger partial charge in [0.25, 0.3) is 11.6 Å². The summed E-state index contributed by atoms with van der Waals surface area (Å²) in [5.74, 6) is 0.0518. The Hall–Kier alpha value is -4.00. The van der Waals surface area contributed by atoms with Crippen LogP contribution in [0.15, 0.2) is 66.7 Å². The summed E-state index contributed by atoms with van der Waals surface area (Å²) in [6.07, 6.45) is 0. The number of pyridine rings is 1. The summed E-state index contributed by atoms with van der Waals surface area (Å²) in [4.78, 5) is 27.3. The lowest BCUT2D eigenvalue weighted by molar-refractivity contribution is -0.384. The molecular formula is C22H17N3O4. The van der Waals surface area contributed by atoms with E-state index in [9.17, 15) is 14.9 Å². The van der Waals surface area contributed by atoms with Gasteiger partial charge in [0.05, 0.1) is 16.1 Å². The number of hydrogen-bond acceptors (Lipinski definition) is 5. The summed E-state index contributed by atoms with van der Waals surface area (Å²) in [5.41, 5.74) is 2.25. The molecule has 7 heteroatoms. The molecule has 0 aliphatic carbocycles. The van der Waals surface area contributed by atoms with E-state index in [0.717, 1.165) is 27.4 Å². The van der Waals surface area contributed by atoms with Gasteiger partial charge in [0.15, 0.2) is 6.61 Å². The first-order valence-electron chi connectivity index (χ1n) is 8.97. The van der Waals surface area contributed by atoms with Crippen molar-refractivity contribution in [1.82, 2.24) is 4.98 Å². The lowest BCUT2D eigenvalue weighted by atomic mass is 10.0. The number of anilines is 1. The third-order valence-corrected chi connectivity index (χ3v) is 4.52. The van der Waals surface area contributed by atoms with Crippen molar-refractivity contribution in [3.63, 3.8) is 0 Å². The van der Waals surface area contributed by atoms with E-state index in [1.54, 1.807) is 0 Å². The highest BCUT2D eigenvalue weighted by atomic mass is 16.6. The van der Waals surface area contributed by atoms with Crippen molar-refractivity contribution < 1.29 is 14.5 Å². The lowest BCUT2D eigenvalue weighted by Crippen LogP contribution is -2.20. The number of nitro benzene ring substituents is 1. The molecule has 0 saturated carbocycles. The number of aryl methyl sites for hydroxylation is 1. The van der Waals surface area contributed by atoms with Crippen molar-refractivity contribution in [2.75, 3.05) is 11.9 Å². The first-order valence-corrected chi connectivity index (χ1v) is 8.97. The number of benzene rings is 3. The Balaban J connectivity index is 1.54. The van der Waals surface area contributed by atoms with Gasteiger partial charge in [-0.25, -0.2) is 0 Å². The van der Waals surface area contributed by atoms with Gasteiger partial charge in [-0.15, -0.1) is 0 Å². The number of nitrogens with one attached hydrogen (secondary N) is 1. The number of ether oxygens (including phenoxy) is 1. The van der Waals surface area contributed by atoms with Gasteiger partial charge in [0.1, 0.15) is 5.75 Å². The van der Waals surface area contributed by atoms with E-state index in [4.69, 9.17) is 4.74 Å². The van der Waals surface area contributed by atoms with Crippen LogP contribution in [0.25, 0.3) is 21.7 Å². The molecule has 4 rings (SSSR count). The number of nitro groups is 1. The minimum atomic E-state index is -0.489. The van der Waals surface area contributed by atoms with E-state index in [2.05, 4.69) is 10.3 Å². The van der Waals surface area contributed by atoms with Crippen molar-refractivity contribution in [1.29, 1.82) is 0 Å². The molecule has 0 unspecified atom stereocenters. The standard InChI is InChI=1S/C22H17N3O4/c1-14-12-20(19-11-6-15-4-2-3-5-18(15)22(19)23-14)24-21(26)13-29-17-9-7-16(8-10-17)25(27)28/h2-12H,13H2,1H3,(H,23,24,26). The van der Waals surface area contributed by atoms with E-state index in [0.29, 0.717) is 11.4 Å². The second-order valence-corrected chi connectivity index (χ2v) is 6.58. The number of fused-ring (bicyclic) bond motifs is 3. The van der Waals surface area contributed by atoms with Crippen LogP contribution in [0, 0.1) is 17.0 Å². The Morgan fingerprint density at radius 3 is 2.59 bits per heavy atom. The van der Waals surface area contributed by atoms with Crippen LogP contribution in [0.3, 0.4) is 0 Å². The lowest BCUT2D eigenvalue weighted by Gasteiger charge is -2.12. The van der Waals surface area contributed by atoms with Crippen LogP contribution in [-0.2, 0) is 4.79 Å².